The van der Waals surface area contributed by atoms with E-state index in [0.717, 1.165) is 49.6 Å². The van der Waals surface area contributed by atoms with Crippen molar-refractivity contribution in [3.05, 3.63) is 109 Å². The largest absolute Gasteiger partial charge is 0.456 e. The summed E-state index contributed by atoms with van der Waals surface area (Å²) in [6, 6.07) is 19.0. The van der Waals surface area contributed by atoms with Gasteiger partial charge in [-0.25, -0.2) is 0 Å². The van der Waals surface area contributed by atoms with Gasteiger partial charge < -0.3 is 19.5 Å². The van der Waals surface area contributed by atoms with Crippen molar-refractivity contribution < 1.29 is 8.83 Å². The summed E-state index contributed by atoms with van der Waals surface area (Å²) in [5.74, 6) is 0. The van der Waals surface area contributed by atoms with Crippen molar-refractivity contribution in [3.8, 4) is 0 Å². The van der Waals surface area contributed by atoms with Crippen LogP contribution >= 0.6 is 0 Å². The third-order valence-corrected chi connectivity index (χ3v) is 6.38. The van der Waals surface area contributed by atoms with Crippen LogP contribution in [0.3, 0.4) is 0 Å². The number of para-hydroxylation sites is 1. The van der Waals surface area contributed by atoms with Gasteiger partial charge in [0.25, 0.3) is 0 Å². The van der Waals surface area contributed by atoms with E-state index in [9.17, 15) is 0 Å². The fraction of sp³-hybridized carbons (Fsp3) is 0.0714. The average Bonchev–Trinajstić information content (AvgIpc) is 3.40. The van der Waals surface area contributed by atoms with Crippen LogP contribution in [0, 0.1) is 0 Å². The molecule has 4 heteroatoms. The maximum Gasteiger partial charge on any atom is 0.136 e. The second-order valence-electron chi connectivity index (χ2n) is 8.32. The molecule has 3 aromatic carbocycles. The maximum absolute atomic E-state index is 6.22. The monoisotopic (exact) mass is 416 g/mol. The number of allylic oxidation sites excluding steroid dienone is 4. The van der Waals surface area contributed by atoms with E-state index in [4.69, 9.17) is 8.83 Å². The highest BCUT2D eigenvalue weighted by Gasteiger charge is 2.19. The lowest BCUT2D eigenvalue weighted by Crippen LogP contribution is -2.35. The smallest absolute Gasteiger partial charge is 0.136 e. The van der Waals surface area contributed by atoms with Gasteiger partial charge in [0.2, 0.25) is 0 Å². The summed E-state index contributed by atoms with van der Waals surface area (Å²) >= 11 is 0. The molecule has 0 spiro atoms. The van der Waals surface area contributed by atoms with Crippen LogP contribution in [0.5, 0.6) is 0 Å². The second kappa shape index (κ2) is 6.66. The van der Waals surface area contributed by atoms with Crippen LogP contribution in [-0.2, 0) is 0 Å². The molecule has 2 unspecified atom stereocenters. The molecule has 2 N–H and O–H groups in total. The van der Waals surface area contributed by atoms with Gasteiger partial charge in [-0.1, -0.05) is 48.6 Å². The zero-order valence-corrected chi connectivity index (χ0v) is 17.2. The molecule has 4 heterocycles. The Balaban J connectivity index is 1.31. The molecule has 154 valence electrons. The summed E-state index contributed by atoms with van der Waals surface area (Å²) < 4.78 is 12.3. The molecule has 0 amide bonds. The van der Waals surface area contributed by atoms with Crippen LogP contribution in [0.15, 0.2) is 112 Å². The van der Waals surface area contributed by atoms with Gasteiger partial charge >= 0.3 is 0 Å². The molecule has 7 rings (SSSR count). The Morgan fingerprint density at radius 2 is 1.38 bits per heavy atom. The Hall–Kier alpha value is -4.18. The Bertz CT molecular complexity index is 1640. The van der Waals surface area contributed by atoms with E-state index >= 15 is 0 Å². The quantitative estimate of drug-likeness (QED) is 0.340. The van der Waals surface area contributed by atoms with E-state index in [0.29, 0.717) is 0 Å². The molecule has 0 radical (unpaired) electrons. The molecule has 2 aliphatic heterocycles. The number of nitrogens with one attached hydrogen (secondary N) is 2. The van der Waals surface area contributed by atoms with Crippen LogP contribution in [0.2, 0.25) is 0 Å². The van der Waals surface area contributed by atoms with Crippen molar-refractivity contribution in [2.75, 3.05) is 0 Å². The van der Waals surface area contributed by atoms with E-state index in [-0.39, 0.29) is 12.1 Å². The summed E-state index contributed by atoms with van der Waals surface area (Å²) in [5, 5.41) is 11.4. The molecule has 2 atom stereocenters. The summed E-state index contributed by atoms with van der Waals surface area (Å²) in [4.78, 5) is 0. The minimum Gasteiger partial charge on any atom is -0.456 e. The van der Waals surface area contributed by atoms with Gasteiger partial charge in [-0.15, -0.1) is 0 Å². The Morgan fingerprint density at radius 3 is 2.22 bits per heavy atom. The van der Waals surface area contributed by atoms with Gasteiger partial charge in [0.1, 0.15) is 22.3 Å². The van der Waals surface area contributed by atoms with Crippen LogP contribution in [0.1, 0.15) is 11.6 Å². The number of hydrogen-bond acceptors (Lipinski definition) is 4. The van der Waals surface area contributed by atoms with Crippen molar-refractivity contribution in [1.29, 1.82) is 0 Å². The zero-order chi connectivity index (χ0) is 21.1. The third kappa shape index (κ3) is 2.63. The van der Waals surface area contributed by atoms with Crippen molar-refractivity contribution in [1.82, 2.24) is 10.6 Å². The summed E-state index contributed by atoms with van der Waals surface area (Å²) in [6.07, 6.45) is 14.6. The normalized spacial score (nSPS) is 20.2. The highest BCUT2D eigenvalue weighted by atomic mass is 16.3. The fourth-order valence-corrected chi connectivity index (χ4v) is 4.78. The fourth-order valence-electron chi connectivity index (χ4n) is 4.78. The topological polar surface area (TPSA) is 50.3 Å². The number of furan rings is 2. The molecule has 0 saturated carbocycles. The van der Waals surface area contributed by atoms with Crippen molar-refractivity contribution in [2.45, 2.75) is 12.1 Å². The van der Waals surface area contributed by atoms with Crippen LogP contribution in [0.25, 0.3) is 43.9 Å². The lowest BCUT2D eigenvalue weighted by molar-refractivity contribution is 0.627. The van der Waals surface area contributed by atoms with Crippen LogP contribution < -0.4 is 10.6 Å². The van der Waals surface area contributed by atoms with Crippen LogP contribution in [0.4, 0.5) is 0 Å². The van der Waals surface area contributed by atoms with Gasteiger partial charge in [-0.05, 0) is 54.2 Å². The number of rotatable bonds is 2. The molecular formula is C28H20N2O2. The predicted octanol–water partition coefficient (Wildman–Crippen LogP) is 6.61. The molecule has 5 aromatic rings. The lowest BCUT2D eigenvalue weighted by Gasteiger charge is -2.27. The first-order valence-electron chi connectivity index (χ1n) is 10.9. The maximum atomic E-state index is 6.22. The zero-order valence-electron chi connectivity index (χ0n) is 17.2. The highest BCUT2D eigenvalue weighted by molar-refractivity contribution is 6.14. The summed E-state index contributed by atoms with van der Waals surface area (Å²) in [7, 11) is 0. The second-order valence-corrected chi connectivity index (χ2v) is 8.32. The van der Waals surface area contributed by atoms with Crippen molar-refractivity contribution >= 4 is 43.9 Å². The average molecular weight is 416 g/mol. The number of dihydropyridines is 2. The molecule has 0 saturated heterocycles. The Labute approximate surface area is 184 Å². The summed E-state index contributed by atoms with van der Waals surface area (Å²) in [5.41, 5.74) is 5.90. The van der Waals surface area contributed by atoms with E-state index < -0.39 is 0 Å². The number of hydrogen-bond donors (Lipinski definition) is 2. The van der Waals surface area contributed by atoms with Gasteiger partial charge in [0, 0.05) is 27.2 Å². The van der Waals surface area contributed by atoms with Crippen molar-refractivity contribution in [3.63, 3.8) is 0 Å². The number of benzene rings is 3. The van der Waals surface area contributed by atoms with Gasteiger partial charge in [-0.3, -0.25) is 0 Å². The summed E-state index contributed by atoms with van der Waals surface area (Å²) in [6.45, 7) is 0. The Kier molecular flexibility index (Phi) is 3.64. The highest BCUT2D eigenvalue weighted by Crippen LogP contribution is 2.37. The van der Waals surface area contributed by atoms with E-state index in [1.54, 1.807) is 0 Å². The third-order valence-electron chi connectivity index (χ3n) is 6.38. The van der Waals surface area contributed by atoms with Crippen molar-refractivity contribution in [2.24, 2.45) is 0 Å². The molecule has 32 heavy (non-hydrogen) atoms. The standard InChI is InChI=1S/C28H20N2O2/c1-2-10-25-18(6-1)20-15-28-21(16-27(20)31-25)19-14-17(11-12-26(19)32-28)22-8-5-9-24(30-22)23-7-3-4-13-29-23/h1-16,22-23,29-30H. The molecule has 4 nitrogen and oxygen atoms in total. The SMILES string of the molecule is C1=CNC(C2=CC=CC(c3ccc4oc5cc6c(cc5c4c3)oc3ccccc36)N2)C=C1. The van der Waals surface area contributed by atoms with E-state index in [2.05, 4.69) is 77.4 Å². The minimum atomic E-state index is 0.0976. The minimum absolute atomic E-state index is 0.0976. The van der Waals surface area contributed by atoms with E-state index in [1.165, 1.54) is 5.56 Å². The first-order valence-corrected chi connectivity index (χ1v) is 10.9. The first-order chi connectivity index (χ1) is 15.8. The van der Waals surface area contributed by atoms with Crippen LogP contribution in [-0.4, -0.2) is 6.04 Å². The number of fused-ring (bicyclic) bond motifs is 6. The first kappa shape index (κ1) is 17.5. The van der Waals surface area contributed by atoms with Gasteiger partial charge in [0.15, 0.2) is 0 Å². The van der Waals surface area contributed by atoms with E-state index in [1.807, 2.05) is 30.5 Å². The molecule has 0 bridgehead atoms. The molecule has 2 aliphatic rings. The van der Waals surface area contributed by atoms with Gasteiger partial charge in [0.05, 0.1) is 12.1 Å². The molecular weight excluding hydrogens is 396 g/mol. The van der Waals surface area contributed by atoms with Gasteiger partial charge in [-0.2, -0.15) is 0 Å². The predicted molar refractivity (Wildman–Crippen MR) is 129 cm³/mol. The lowest BCUT2D eigenvalue weighted by atomic mass is 9.99. The molecule has 2 aromatic heterocycles. The molecule has 0 aliphatic carbocycles. The molecule has 0 fully saturated rings. The Morgan fingerprint density at radius 1 is 0.625 bits per heavy atom.